The lowest BCUT2D eigenvalue weighted by Crippen LogP contribution is -2.19. The van der Waals surface area contributed by atoms with Crippen molar-refractivity contribution in [2.45, 2.75) is 10.6 Å². The molecule has 0 radical (unpaired) electrons. The Kier molecular flexibility index (Phi) is 7.24. The summed E-state index contributed by atoms with van der Waals surface area (Å²) in [6.45, 7) is 0. The molecule has 0 bridgehead atoms. The SMILES string of the molecule is COc1cccc(CC(=O)NN=Cc2ccccc2OS(=O)(=O)c2ccc(Br)s2)c1. The van der Waals surface area contributed by atoms with Gasteiger partial charge in [-0.1, -0.05) is 24.3 Å². The van der Waals surface area contributed by atoms with Crippen molar-refractivity contribution >= 4 is 49.5 Å². The van der Waals surface area contributed by atoms with Crippen molar-refractivity contribution in [1.29, 1.82) is 0 Å². The molecule has 0 unspecified atom stereocenters. The maximum atomic E-state index is 12.4. The molecule has 1 heterocycles. The van der Waals surface area contributed by atoms with Crippen LogP contribution in [0.5, 0.6) is 11.5 Å². The molecule has 1 aromatic heterocycles. The Morgan fingerprint density at radius 1 is 1.17 bits per heavy atom. The number of thiophene rings is 1. The molecule has 7 nitrogen and oxygen atoms in total. The van der Waals surface area contributed by atoms with E-state index in [9.17, 15) is 13.2 Å². The smallest absolute Gasteiger partial charge is 0.348 e. The molecule has 2 aromatic carbocycles. The van der Waals surface area contributed by atoms with Gasteiger partial charge < -0.3 is 8.92 Å². The van der Waals surface area contributed by atoms with Crippen LogP contribution in [0.25, 0.3) is 0 Å². The summed E-state index contributed by atoms with van der Waals surface area (Å²) >= 11 is 4.28. The summed E-state index contributed by atoms with van der Waals surface area (Å²) < 4.78 is 36.0. The van der Waals surface area contributed by atoms with E-state index in [1.807, 2.05) is 6.07 Å². The van der Waals surface area contributed by atoms with E-state index in [1.165, 1.54) is 18.3 Å². The lowest BCUT2D eigenvalue weighted by molar-refractivity contribution is -0.120. The Balaban J connectivity index is 1.67. The number of methoxy groups -OCH3 is 1. The van der Waals surface area contributed by atoms with Crippen molar-refractivity contribution in [3.05, 3.63) is 75.6 Å². The molecule has 30 heavy (non-hydrogen) atoms. The number of carbonyl (C=O) groups is 1. The number of para-hydroxylation sites is 1. The van der Waals surface area contributed by atoms with E-state index in [-0.39, 0.29) is 22.3 Å². The maximum absolute atomic E-state index is 12.4. The first kappa shape index (κ1) is 22.0. The van der Waals surface area contributed by atoms with Gasteiger partial charge in [0.05, 0.1) is 23.5 Å². The molecule has 3 rings (SSSR count). The first-order valence-corrected chi connectivity index (χ1v) is 11.6. The van der Waals surface area contributed by atoms with Gasteiger partial charge in [0.1, 0.15) is 5.75 Å². The van der Waals surface area contributed by atoms with Gasteiger partial charge in [-0.2, -0.15) is 13.5 Å². The molecular weight excluding hydrogens is 492 g/mol. The topological polar surface area (TPSA) is 94.1 Å². The summed E-state index contributed by atoms with van der Waals surface area (Å²) in [5, 5.41) is 3.91. The Hall–Kier alpha value is -2.69. The number of carbonyl (C=O) groups excluding carboxylic acids is 1. The summed E-state index contributed by atoms with van der Waals surface area (Å²) in [6, 6.07) is 16.8. The first-order valence-electron chi connectivity index (χ1n) is 8.61. The lowest BCUT2D eigenvalue weighted by atomic mass is 10.1. The number of nitrogens with one attached hydrogen (secondary N) is 1. The minimum Gasteiger partial charge on any atom is -0.497 e. The molecular formula is C20H17BrN2O5S2. The number of amides is 1. The van der Waals surface area contributed by atoms with Crippen molar-refractivity contribution in [2.24, 2.45) is 5.10 Å². The Labute approximate surface area is 186 Å². The average molecular weight is 509 g/mol. The van der Waals surface area contributed by atoms with Crippen LogP contribution < -0.4 is 14.3 Å². The zero-order chi connectivity index (χ0) is 21.6. The summed E-state index contributed by atoms with van der Waals surface area (Å²) in [7, 11) is -2.42. The minimum absolute atomic E-state index is 0.0766. The summed E-state index contributed by atoms with van der Waals surface area (Å²) in [6.07, 6.45) is 1.45. The third-order valence-electron chi connectivity index (χ3n) is 3.81. The molecule has 10 heteroatoms. The van der Waals surface area contributed by atoms with Gasteiger partial charge in [0.2, 0.25) is 5.91 Å². The lowest BCUT2D eigenvalue weighted by Gasteiger charge is -2.08. The maximum Gasteiger partial charge on any atom is 0.348 e. The largest absolute Gasteiger partial charge is 0.497 e. The number of hydrazone groups is 1. The van der Waals surface area contributed by atoms with E-state index in [1.54, 1.807) is 49.6 Å². The molecule has 0 saturated carbocycles. The Morgan fingerprint density at radius 2 is 1.97 bits per heavy atom. The summed E-state index contributed by atoms with van der Waals surface area (Å²) in [5.41, 5.74) is 3.60. The van der Waals surface area contributed by atoms with Crippen LogP contribution in [0.3, 0.4) is 0 Å². The molecule has 0 aliphatic heterocycles. The monoisotopic (exact) mass is 508 g/mol. The van der Waals surface area contributed by atoms with Crippen molar-refractivity contribution in [3.63, 3.8) is 0 Å². The predicted octanol–water partition coefficient (Wildman–Crippen LogP) is 3.98. The molecule has 0 atom stereocenters. The Bertz CT molecular complexity index is 1180. The van der Waals surface area contributed by atoms with Gasteiger partial charge in [-0.15, -0.1) is 11.3 Å². The quantitative estimate of drug-likeness (QED) is 0.282. The number of hydrogen-bond donors (Lipinski definition) is 1. The second-order valence-corrected chi connectivity index (χ2v) is 10.2. The van der Waals surface area contributed by atoms with Crippen molar-refractivity contribution in [3.8, 4) is 11.5 Å². The second-order valence-electron chi connectivity index (χ2n) is 5.96. The van der Waals surface area contributed by atoms with E-state index >= 15 is 0 Å². The fourth-order valence-electron chi connectivity index (χ4n) is 2.44. The van der Waals surface area contributed by atoms with Crippen LogP contribution in [0.1, 0.15) is 11.1 Å². The molecule has 3 aromatic rings. The number of ether oxygens (including phenoxy) is 1. The van der Waals surface area contributed by atoms with Crippen LogP contribution >= 0.6 is 27.3 Å². The van der Waals surface area contributed by atoms with Crippen LogP contribution in [0.2, 0.25) is 0 Å². The molecule has 0 saturated heterocycles. The molecule has 0 aliphatic carbocycles. The molecule has 0 fully saturated rings. The van der Waals surface area contributed by atoms with Gasteiger partial charge in [-0.3, -0.25) is 4.79 Å². The normalized spacial score (nSPS) is 11.4. The molecule has 156 valence electrons. The highest BCUT2D eigenvalue weighted by Gasteiger charge is 2.20. The highest BCUT2D eigenvalue weighted by molar-refractivity contribution is 9.11. The van der Waals surface area contributed by atoms with Crippen molar-refractivity contribution in [2.75, 3.05) is 7.11 Å². The van der Waals surface area contributed by atoms with E-state index < -0.39 is 10.1 Å². The minimum atomic E-state index is -3.98. The number of rotatable bonds is 8. The average Bonchev–Trinajstić information content (AvgIpc) is 3.16. The second kappa shape index (κ2) is 9.88. The van der Waals surface area contributed by atoms with Crippen LogP contribution in [-0.4, -0.2) is 27.6 Å². The summed E-state index contributed by atoms with van der Waals surface area (Å²) in [4.78, 5) is 12.1. The third kappa shape index (κ3) is 5.91. The Morgan fingerprint density at radius 3 is 2.70 bits per heavy atom. The zero-order valence-corrected chi connectivity index (χ0v) is 19.0. The fraction of sp³-hybridized carbons (Fsp3) is 0.100. The zero-order valence-electron chi connectivity index (χ0n) is 15.7. The van der Waals surface area contributed by atoms with Crippen LogP contribution in [0.15, 0.2) is 73.8 Å². The van der Waals surface area contributed by atoms with Gasteiger partial charge in [0.25, 0.3) is 0 Å². The highest BCUT2D eigenvalue weighted by Crippen LogP contribution is 2.29. The molecule has 1 amide bonds. The predicted molar refractivity (Wildman–Crippen MR) is 119 cm³/mol. The first-order chi connectivity index (χ1) is 14.4. The van der Waals surface area contributed by atoms with Crippen LogP contribution in [-0.2, 0) is 21.3 Å². The van der Waals surface area contributed by atoms with Crippen LogP contribution in [0, 0.1) is 0 Å². The molecule has 1 N–H and O–H groups in total. The van der Waals surface area contributed by atoms with E-state index in [2.05, 4.69) is 26.5 Å². The van der Waals surface area contributed by atoms with Gasteiger partial charge in [-0.25, -0.2) is 5.43 Å². The third-order valence-corrected chi connectivity index (χ3v) is 7.11. The number of nitrogens with zero attached hydrogens (tertiary/aromatic N) is 1. The number of halogens is 1. The highest BCUT2D eigenvalue weighted by atomic mass is 79.9. The van der Waals surface area contributed by atoms with Crippen molar-refractivity contribution < 1.29 is 22.1 Å². The van der Waals surface area contributed by atoms with Crippen molar-refractivity contribution in [1.82, 2.24) is 5.43 Å². The van der Waals surface area contributed by atoms with E-state index in [4.69, 9.17) is 8.92 Å². The van der Waals surface area contributed by atoms with Gasteiger partial charge in [0, 0.05) is 5.56 Å². The van der Waals surface area contributed by atoms with Gasteiger partial charge in [-0.05, 0) is 57.9 Å². The van der Waals surface area contributed by atoms with E-state index in [0.29, 0.717) is 15.1 Å². The van der Waals surface area contributed by atoms with E-state index in [0.717, 1.165) is 16.9 Å². The van der Waals surface area contributed by atoms with Gasteiger partial charge in [0.15, 0.2) is 9.96 Å². The standard InChI is InChI=1S/C20H17BrN2O5S2/c1-27-16-7-4-5-14(11-16)12-19(24)23-22-13-15-6-2-3-8-17(15)28-30(25,26)20-10-9-18(21)29-20/h2-11,13H,12H2,1H3,(H,23,24). The molecule has 0 spiro atoms. The number of benzene rings is 2. The fourth-order valence-corrected chi connectivity index (χ4v) is 5.36. The van der Waals surface area contributed by atoms with Gasteiger partial charge >= 0.3 is 10.1 Å². The summed E-state index contributed by atoms with van der Waals surface area (Å²) in [5.74, 6) is 0.440. The number of hydrogen-bond acceptors (Lipinski definition) is 7. The van der Waals surface area contributed by atoms with Crippen LogP contribution in [0.4, 0.5) is 0 Å². The molecule has 0 aliphatic rings.